The van der Waals surface area contributed by atoms with Crippen LogP contribution in [0.2, 0.25) is 5.02 Å². The maximum atomic E-state index is 12.3. The summed E-state index contributed by atoms with van der Waals surface area (Å²) >= 11 is 7.54. The number of nitrogens with one attached hydrogen (secondary N) is 1. The Bertz CT molecular complexity index is 776. The number of carbonyl (C=O) groups excluding carboxylic acids is 1. The van der Waals surface area contributed by atoms with Crippen LogP contribution in [0.5, 0.6) is 11.5 Å². The molecule has 2 aromatic rings. The van der Waals surface area contributed by atoms with Gasteiger partial charge in [0.25, 0.3) is 0 Å². The zero-order chi connectivity index (χ0) is 19.8. The molecule has 8 heteroatoms. The molecule has 1 atom stereocenters. The average Bonchev–Trinajstić information content (AvgIpc) is 2.62. The highest BCUT2D eigenvalue weighted by Gasteiger charge is 2.13. The van der Waals surface area contributed by atoms with E-state index in [1.807, 2.05) is 25.1 Å². The molecule has 27 heavy (non-hydrogen) atoms. The molecule has 0 bridgehead atoms. The van der Waals surface area contributed by atoms with Crippen molar-refractivity contribution in [2.45, 2.75) is 25.3 Å². The van der Waals surface area contributed by atoms with Crippen molar-refractivity contribution in [1.82, 2.24) is 5.32 Å². The largest absolute Gasteiger partial charge is 0.493 e. The van der Waals surface area contributed by atoms with E-state index in [2.05, 4.69) is 10.1 Å². The van der Waals surface area contributed by atoms with Gasteiger partial charge in [-0.05, 0) is 36.2 Å². The first-order valence-corrected chi connectivity index (χ1v) is 9.67. The van der Waals surface area contributed by atoms with E-state index in [-0.39, 0.29) is 29.2 Å². The van der Waals surface area contributed by atoms with Gasteiger partial charge in [-0.3, -0.25) is 4.79 Å². The van der Waals surface area contributed by atoms with Gasteiger partial charge in [0, 0.05) is 10.8 Å². The van der Waals surface area contributed by atoms with Gasteiger partial charge in [0.05, 0.1) is 18.9 Å². The van der Waals surface area contributed by atoms with Gasteiger partial charge >= 0.3 is 6.61 Å². The number of ether oxygens (including phenoxy) is 2. The van der Waals surface area contributed by atoms with Crippen molar-refractivity contribution in [3.63, 3.8) is 0 Å². The van der Waals surface area contributed by atoms with Crippen molar-refractivity contribution >= 4 is 29.3 Å². The van der Waals surface area contributed by atoms with Gasteiger partial charge in [-0.15, -0.1) is 11.8 Å². The number of benzene rings is 2. The minimum atomic E-state index is -2.91. The van der Waals surface area contributed by atoms with Crippen LogP contribution in [-0.4, -0.2) is 25.4 Å². The maximum absolute atomic E-state index is 12.3. The van der Waals surface area contributed by atoms with Gasteiger partial charge in [0.2, 0.25) is 5.91 Å². The van der Waals surface area contributed by atoms with Gasteiger partial charge in [0.15, 0.2) is 11.5 Å². The topological polar surface area (TPSA) is 47.6 Å². The zero-order valence-electron chi connectivity index (χ0n) is 14.9. The van der Waals surface area contributed by atoms with E-state index in [0.29, 0.717) is 10.8 Å². The number of methoxy groups -OCH3 is 1. The SMILES string of the molecule is COc1cc(CSCC(=O)N[C@H](C)c2ccccc2Cl)ccc1OC(F)F. The van der Waals surface area contributed by atoms with Crippen molar-refractivity contribution in [3.8, 4) is 11.5 Å². The lowest BCUT2D eigenvalue weighted by molar-refractivity contribution is -0.119. The molecule has 1 N–H and O–H groups in total. The lowest BCUT2D eigenvalue weighted by atomic mass is 10.1. The van der Waals surface area contributed by atoms with Crippen LogP contribution < -0.4 is 14.8 Å². The first kappa shape index (κ1) is 21.3. The predicted molar refractivity (Wildman–Crippen MR) is 104 cm³/mol. The molecule has 1 amide bonds. The molecule has 2 rings (SSSR count). The highest BCUT2D eigenvalue weighted by molar-refractivity contribution is 7.99. The van der Waals surface area contributed by atoms with Gasteiger partial charge < -0.3 is 14.8 Å². The maximum Gasteiger partial charge on any atom is 0.387 e. The number of alkyl halides is 2. The molecule has 2 aromatic carbocycles. The van der Waals surface area contributed by atoms with Crippen LogP contribution in [0.3, 0.4) is 0 Å². The Morgan fingerprint density at radius 3 is 2.63 bits per heavy atom. The molecule has 0 saturated carbocycles. The summed E-state index contributed by atoms with van der Waals surface area (Å²) in [6, 6.07) is 11.9. The molecule has 4 nitrogen and oxygen atoms in total. The third-order valence-electron chi connectivity index (χ3n) is 3.70. The van der Waals surface area contributed by atoms with Crippen molar-refractivity contribution in [2.24, 2.45) is 0 Å². The molecule has 0 saturated heterocycles. The lowest BCUT2D eigenvalue weighted by Crippen LogP contribution is -2.28. The van der Waals surface area contributed by atoms with E-state index < -0.39 is 6.61 Å². The number of carbonyl (C=O) groups is 1. The monoisotopic (exact) mass is 415 g/mol. The summed E-state index contributed by atoms with van der Waals surface area (Å²) in [5.74, 6) is 0.876. The lowest BCUT2D eigenvalue weighted by Gasteiger charge is -2.15. The third kappa shape index (κ3) is 6.59. The Morgan fingerprint density at radius 2 is 1.96 bits per heavy atom. The standard InChI is InChI=1S/C19H20ClF2NO3S/c1-12(14-5-3-4-6-15(14)20)23-18(24)11-27-10-13-7-8-16(26-19(21)22)17(9-13)25-2/h3-9,12,19H,10-11H2,1-2H3,(H,23,24)/t12-/m1/s1. The normalized spacial score (nSPS) is 11.9. The minimum absolute atomic E-state index is 0.0208. The number of hydrogen-bond acceptors (Lipinski definition) is 4. The van der Waals surface area contributed by atoms with E-state index >= 15 is 0 Å². The van der Waals surface area contributed by atoms with E-state index in [0.717, 1.165) is 11.1 Å². The fourth-order valence-electron chi connectivity index (χ4n) is 2.44. The third-order valence-corrected chi connectivity index (χ3v) is 5.04. The van der Waals surface area contributed by atoms with E-state index in [1.165, 1.54) is 24.9 Å². The zero-order valence-corrected chi connectivity index (χ0v) is 16.4. The Labute approximate surface area is 166 Å². The average molecular weight is 416 g/mol. The fourth-order valence-corrected chi connectivity index (χ4v) is 3.53. The molecule has 0 aliphatic heterocycles. The fraction of sp³-hybridized carbons (Fsp3) is 0.316. The molecule has 0 heterocycles. The molecule has 146 valence electrons. The quantitative estimate of drug-likeness (QED) is 0.621. The van der Waals surface area contributed by atoms with Crippen LogP contribution in [0.4, 0.5) is 8.78 Å². The molecule has 0 unspecified atom stereocenters. The summed E-state index contributed by atoms with van der Waals surface area (Å²) in [6.45, 7) is -1.04. The van der Waals surface area contributed by atoms with Crippen LogP contribution in [0, 0.1) is 0 Å². The summed E-state index contributed by atoms with van der Waals surface area (Å²) in [6.07, 6.45) is 0. The molecule has 0 aliphatic rings. The van der Waals surface area contributed by atoms with Crippen molar-refractivity contribution in [1.29, 1.82) is 0 Å². The van der Waals surface area contributed by atoms with Crippen molar-refractivity contribution in [3.05, 3.63) is 58.6 Å². The summed E-state index contributed by atoms with van der Waals surface area (Å²) in [5, 5.41) is 3.51. The predicted octanol–water partition coefficient (Wildman–Crippen LogP) is 5.06. The molecule has 0 aliphatic carbocycles. The summed E-state index contributed by atoms with van der Waals surface area (Å²) in [4.78, 5) is 12.1. The molecule has 0 radical (unpaired) electrons. The Hall–Kier alpha value is -1.99. The first-order chi connectivity index (χ1) is 12.9. The van der Waals surface area contributed by atoms with Crippen LogP contribution in [-0.2, 0) is 10.5 Å². The number of hydrogen-bond donors (Lipinski definition) is 1. The van der Waals surface area contributed by atoms with Crippen LogP contribution >= 0.6 is 23.4 Å². The van der Waals surface area contributed by atoms with Gasteiger partial charge in [0.1, 0.15) is 0 Å². The highest BCUT2D eigenvalue weighted by Crippen LogP contribution is 2.30. The van der Waals surface area contributed by atoms with Crippen LogP contribution in [0.1, 0.15) is 24.1 Å². The molecule has 0 fully saturated rings. The Kier molecular flexibility index (Phi) is 8.19. The van der Waals surface area contributed by atoms with Crippen LogP contribution in [0.25, 0.3) is 0 Å². The molecule has 0 aromatic heterocycles. The van der Waals surface area contributed by atoms with Gasteiger partial charge in [-0.25, -0.2) is 0 Å². The van der Waals surface area contributed by atoms with Crippen molar-refractivity contribution < 1.29 is 23.0 Å². The molecule has 0 spiro atoms. The smallest absolute Gasteiger partial charge is 0.387 e. The summed E-state index contributed by atoms with van der Waals surface area (Å²) in [7, 11) is 1.38. The number of rotatable bonds is 9. The van der Waals surface area contributed by atoms with Crippen LogP contribution in [0.15, 0.2) is 42.5 Å². The molecular weight excluding hydrogens is 396 g/mol. The van der Waals surface area contributed by atoms with E-state index in [4.69, 9.17) is 16.3 Å². The Morgan fingerprint density at radius 1 is 1.22 bits per heavy atom. The Balaban J connectivity index is 1.85. The van der Waals surface area contributed by atoms with Gasteiger partial charge in [-0.2, -0.15) is 8.78 Å². The summed E-state index contributed by atoms with van der Waals surface area (Å²) < 4.78 is 34.1. The number of halogens is 3. The second-order valence-electron chi connectivity index (χ2n) is 5.67. The second kappa shape index (κ2) is 10.4. The van der Waals surface area contributed by atoms with E-state index in [9.17, 15) is 13.6 Å². The number of thioether (sulfide) groups is 1. The highest BCUT2D eigenvalue weighted by atomic mass is 35.5. The first-order valence-electron chi connectivity index (χ1n) is 8.14. The second-order valence-corrected chi connectivity index (χ2v) is 7.06. The summed E-state index contributed by atoms with van der Waals surface area (Å²) in [5.41, 5.74) is 1.70. The number of amides is 1. The minimum Gasteiger partial charge on any atom is -0.493 e. The van der Waals surface area contributed by atoms with Crippen molar-refractivity contribution in [2.75, 3.05) is 12.9 Å². The van der Waals surface area contributed by atoms with E-state index in [1.54, 1.807) is 18.2 Å². The van der Waals surface area contributed by atoms with Gasteiger partial charge in [-0.1, -0.05) is 35.9 Å². The molecular formula is C19H20ClF2NO3S.